The van der Waals surface area contributed by atoms with Gasteiger partial charge in [-0.15, -0.1) is 0 Å². The lowest BCUT2D eigenvalue weighted by molar-refractivity contribution is 0.0775. The minimum Gasteiger partial charge on any atom is -0.454 e. The Hall–Kier alpha value is -1.95. The number of carbonyl (C=O) groups excluding carboxylic acids is 1. The van der Waals surface area contributed by atoms with Crippen molar-refractivity contribution in [2.24, 2.45) is 7.05 Å². The van der Waals surface area contributed by atoms with Crippen molar-refractivity contribution in [1.29, 1.82) is 0 Å². The zero-order valence-corrected chi connectivity index (χ0v) is 13.4. The summed E-state index contributed by atoms with van der Waals surface area (Å²) in [6.45, 7) is 0.767. The Labute approximate surface area is 131 Å². The lowest BCUT2D eigenvalue weighted by Gasteiger charge is -2.17. The number of aromatic nitrogens is 1. The SMILES string of the molecule is CN(Cc1ccc2c(c1)OCO2)C(=O)c1cc(Br)cn1C. The highest BCUT2D eigenvalue weighted by molar-refractivity contribution is 9.10. The van der Waals surface area contributed by atoms with Gasteiger partial charge < -0.3 is 18.9 Å². The predicted octanol–water partition coefficient (Wildman–Crippen LogP) is 2.79. The van der Waals surface area contributed by atoms with E-state index in [4.69, 9.17) is 9.47 Å². The summed E-state index contributed by atoms with van der Waals surface area (Å²) in [5.41, 5.74) is 1.65. The van der Waals surface area contributed by atoms with Gasteiger partial charge in [-0.25, -0.2) is 0 Å². The minimum absolute atomic E-state index is 0.0270. The Balaban J connectivity index is 1.75. The van der Waals surface area contributed by atoms with Crippen LogP contribution in [0.1, 0.15) is 16.1 Å². The monoisotopic (exact) mass is 350 g/mol. The van der Waals surface area contributed by atoms with Gasteiger partial charge in [0.05, 0.1) is 0 Å². The first-order chi connectivity index (χ1) is 10.0. The molecule has 3 rings (SSSR count). The van der Waals surface area contributed by atoms with E-state index in [1.807, 2.05) is 42.1 Å². The maximum atomic E-state index is 12.4. The Morgan fingerprint density at radius 1 is 1.33 bits per heavy atom. The van der Waals surface area contributed by atoms with Crippen LogP contribution in [0.5, 0.6) is 11.5 Å². The summed E-state index contributed by atoms with van der Waals surface area (Å²) in [5, 5.41) is 0. The van der Waals surface area contributed by atoms with Crippen LogP contribution in [0.15, 0.2) is 34.9 Å². The van der Waals surface area contributed by atoms with Crippen molar-refractivity contribution in [3.8, 4) is 11.5 Å². The zero-order chi connectivity index (χ0) is 15.0. The van der Waals surface area contributed by atoms with Gasteiger partial charge in [-0.05, 0) is 39.7 Å². The van der Waals surface area contributed by atoms with E-state index >= 15 is 0 Å². The third-order valence-corrected chi connectivity index (χ3v) is 3.83. The molecule has 2 heterocycles. The van der Waals surface area contributed by atoms with Gasteiger partial charge in [-0.2, -0.15) is 0 Å². The number of nitrogens with zero attached hydrogens (tertiary/aromatic N) is 2. The normalized spacial score (nSPS) is 12.5. The van der Waals surface area contributed by atoms with Crippen LogP contribution in [-0.4, -0.2) is 29.2 Å². The molecule has 1 aromatic heterocycles. The largest absolute Gasteiger partial charge is 0.454 e. The van der Waals surface area contributed by atoms with Crippen molar-refractivity contribution >= 4 is 21.8 Å². The van der Waals surface area contributed by atoms with E-state index in [0.717, 1.165) is 21.5 Å². The number of halogens is 1. The number of amides is 1. The summed E-state index contributed by atoms with van der Waals surface area (Å²) in [6.07, 6.45) is 1.86. The van der Waals surface area contributed by atoms with Gasteiger partial charge in [0.1, 0.15) is 5.69 Å². The lowest BCUT2D eigenvalue weighted by Crippen LogP contribution is -2.27. The standard InChI is InChI=1S/C15H15BrN2O3/c1-17-8-11(16)6-12(17)15(19)18(2)7-10-3-4-13-14(5-10)21-9-20-13/h3-6,8H,7,9H2,1-2H3. The molecule has 110 valence electrons. The molecule has 2 aromatic rings. The van der Waals surface area contributed by atoms with Crippen molar-refractivity contribution in [2.75, 3.05) is 13.8 Å². The first kappa shape index (κ1) is 14.0. The fourth-order valence-corrected chi connectivity index (χ4v) is 2.84. The molecule has 0 N–H and O–H groups in total. The number of benzene rings is 1. The fraction of sp³-hybridized carbons (Fsp3) is 0.267. The molecule has 0 saturated heterocycles. The second-order valence-corrected chi connectivity index (χ2v) is 5.92. The van der Waals surface area contributed by atoms with E-state index in [1.54, 1.807) is 11.9 Å². The second-order valence-electron chi connectivity index (χ2n) is 5.00. The van der Waals surface area contributed by atoms with Crippen molar-refractivity contribution in [2.45, 2.75) is 6.54 Å². The average Bonchev–Trinajstić information content (AvgIpc) is 3.03. The van der Waals surface area contributed by atoms with Crippen LogP contribution in [0.25, 0.3) is 0 Å². The molecule has 1 aliphatic rings. The molecule has 1 aromatic carbocycles. The molecule has 0 fully saturated rings. The summed E-state index contributed by atoms with van der Waals surface area (Å²) in [6, 6.07) is 7.54. The van der Waals surface area contributed by atoms with Crippen molar-refractivity contribution in [1.82, 2.24) is 9.47 Å². The highest BCUT2D eigenvalue weighted by Crippen LogP contribution is 2.32. The Bertz CT molecular complexity index is 696. The maximum absolute atomic E-state index is 12.4. The van der Waals surface area contributed by atoms with E-state index in [1.165, 1.54) is 0 Å². The van der Waals surface area contributed by atoms with Gasteiger partial charge in [0.2, 0.25) is 6.79 Å². The average molecular weight is 351 g/mol. The van der Waals surface area contributed by atoms with Crippen LogP contribution in [-0.2, 0) is 13.6 Å². The first-order valence-corrected chi connectivity index (χ1v) is 7.30. The summed E-state index contributed by atoms with van der Waals surface area (Å²) < 4.78 is 13.3. The van der Waals surface area contributed by atoms with Crippen molar-refractivity contribution in [3.63, 3.8) is 0 Å². The molecule has 1 amide bonds. The predicted molar refractivity (Wildman–Crippen MR) is 81.5 cm³/mol. The molecule has 0 saturated carbocycles. The van der Waals surface area contributed by atoms with Crippen LogP contribution in [0.2, 0.25) is 0 Å². The highest BCUT2D eigenvalue weighted by Gasteiger charge is 2.18. The van der Waals surface area contributed by atoms with E-state index in [2.05, 4.69) is 15.9 Å². The second kappa shape index (κ2) is 5.44. The van der Waals surface area contributed by atoms with Crippen LogP contribution < -0.4 is 9.47 Å². The molecular weight excluding hydrogens is 336 g/mol. The molecular formula is C15H15BrN2O3. The fourth-order valence-electron chi connectivity index (χ4n) is 2.32. The zero-order valence-electron chi connectivity index (χ0n) is 11.8. The van der Waals surface area contributed by atoms with Crippen molar-refractivity contribution < 1.29 is 14.3 Å². The molecule has 5 nitrogen and oxygen atoms in total. The number of hydrogen-bond donors (Lipinski definition) is 0. The lowest BCUT2D eigenvalue weighted by atomic mass is 10.2. The van der Waals surface area contributed by atoms with Gasteiger partial charge in [0.15, 0.2) is 11.5 Å². The number of carbonyl (C=O) groups is 1. The number of fused-ring (bicyclic) bond motifs is 1. The quantitative estimate of drug-likeness (QED) is 0.854. The summed E-state index contributed by atoms with van der Waals surface area (Å²) >= 11 is 3.38. The molecule has 0 spiro atoms. The summed E-state index contributed by atoms with van der Waals surface area (Å²) in [7, 11) is 3.64. The third kappa shape index (κ3) is 2.76. The van der Waals surface area contributed by atoms with E-state index < -0.39 is 0 Å². The number of aryl methyl sites for hydroxylation is 1. The Morgan fingerprint density at radius 3 is 2.81 bits per heavy atom. The number of rotatable bonds is 3. The number of ether oxygens (including phenoxy) is 2. The first-order valence-electron chi connectivity index (χ1n) is 6.50. The smallest absolute Gasteiger partial charge is 0.270 e. The molecule has 0 atom stereocenters. The molecule has 1 aliphatic heterocycles. The van der Waals surface area contributed by atoms with Gasteiger partial charge in [-0.3, -0.25) is 4.79 Å². The summed E-state index contributed by atoms with van der Waals surface area (Å²) in [5.74, 6) is 1.45. The molecule has 6 heteroatoms. The third-order valence-electron chi connectivity index (χ3n) is 3.39. The van der Waals surface area contributed by atoms with Crippen molar-refractivity contribution in [3.05, 3.63) is 46.2 Å². The van der Waals surface area contributed by atoms with E-state index in [9.17, 15) is 4.79 Å². The van der Waals surface area contributed by atoms with E-state index in [0.29, 0.717) is 12.2 Å². The van der Waals surface area contributed by atoms with Crippen LogP contribution in [0.4, 0.5) is 0 Å². The minimum atomic E-state index is -0.0270. The maximum Gasteiger partial charge on any atom is 0.270 e. The van der Waals surface area contributed by atoms with Crippen LogP contribution in [0, 0.1) is 0 Å². The van der Waals surface area contributed by atoms with E-state index in [-0.39, 0.29) is 12.7 Å². The van der Waals surface area contributed by atoms with Gasteiger partial charge in [0, 0.05) is 31.3 Å². The van der Waals surface area contributed by atoms with Gasteiger partial charge in [0.25, 0.3) is 5.91 Å². The van der Waals surface area contributed by atoms with Crippen LogP contribution in [0.3, 0.4) is 0 Å². The van der Waals surface area contributed by atoms with Gasteiger partial charge in [-0.1, -0.05) is 6.07 Å². The topological polar surface area (TPSA) is 43.7 Å². The molecule has 0 bridgehead atoms. The van der Waals surface area contributed by atoms with Gasteiger partial charge >= 0.3 is 0 Å². The molecule has 0 aliphatic carbocycles. The molecule has 0 unspecified atom stereocenters. The highest BCUT2D eigenvalue weighted by atomic mass is 79.9. The summed E-state index contributed by atoms with van der Waals surface area (Å²) in [4.78, 5) is 14.1. The molecule has 0 radical (unpaired) electrons. The number of hydrogen-bond acceptors (Lipinski definition) is 3. The Kier molecular flexibility index (Phi) is 3.63. The molecule has 21 heavy (non-hydrogen) atoms. The van der Waals surface area contributed by atoms with Crippen LogP contribution >= 0.6 is 15.9 Å². The Morgan fingerprint density at radius 2 is 2.10 bits per heavy atom.